The molecule has 0 fully saturated rings. The topological polar surface area (TPSA) is 26.3 Å². The summed E-state index contributed by atoms with van der Waals surface area (Å²) in [5.41, 5.74) is 0. The minimum atomic E-state index is -2.33. The van der Waals surface area contributed by atoms with Gasteiger partial charge in [-0.15, -0.1) is 0 Å². The fraction of sp³-hybridized carbons (Fsp3) is 1.00. The van der Waals surface area contributed by atoms with Crippen molar-refractivity contribution in [2.75, 3.05) is 19.6 Å². The second-order valence-electron chi connectivity index (χ2n) is 0.995. The highest BCUT2D eigenvalue weighted by Crippen LogP contribution is 2.66. The summed E-state index contributed by atoms with van der Waals surface area (Å²) in [5, 5.41) is 0. The molecule has 0 aromatic carbocycles. The molecule has 0 heterocycles. The third kappa shape index (κ3) is 2.44. The molecule has 0 aliphatic heterocycles. The smallest absolute Gasteiger partial charge is 0.312 e. The lowest BCUT2D eigenvalue weighted by Gasteiger charge is -2.07. The van der Waals surface area contributed by atoms with E-state index >= 15 is 0 Å². The van der Waals surface area contributed by atoms with Crippen LogP contribution in [-0.2, 0) is 9.09 Å². The Morgan fingerprint density at radius 3 is 1.75 bits per heavy atom. The molecule has 0 saturated carbocycles. The van der Waals surface area contributed by atoms with Gasteiger partial charge in [0.25, 0.3) is 0 Å². The van der Waals surface area contributed by atoms with Gasteiger partial charge in [0.05, 0.1) is 0 Å². The van der Waals surface area contributed by atoms with Crippen molar-refractivity contribution >= 4 is 28.5 Å². The van der Waals surface area contributed by atoms with Crippen LogP contribution in [0.15, 0.2) is 0 Å². The normalized spacial score (nSPS) is 11.9. The summed E-state index contributed by atoms with van der Waals surface area (Å²) in [5.74, 6) is -2.33. The van der Waals surface area contributed by atoms with Crippen molar-refractivity contribution < 1.29 is 9.09 Å². The first-order valence-corrected chi connectivity index (χ1v) is 7.24. The Kier molecular flexibility index (Phi) is 4.26. The van der Waals surface area contributed by atoms with Gasteiger partial charge in [-0.05, 0) is 12.5 Å². The second-order valence-corrected chi connectivity index (χ2v) is 8.75. The minimum Gasteiger partial charge on any atom is -0.317 e. The van der Waals surface area contributed by atoms with Crippen LogP contribution in [0.2, 0.25) is 0 Å². The van der Waals surface area contributed by atoms with Gasteiger partial charge in [-0.1, -0.05) is 22.8 Å². The van der Waals surface area contributed by atoms with E-state index in [4.69, 9.17) is 4.52 Å². The molecule has 8 heavy (non-hydrogen) atoms. The van der Waals surface area contributed by atoms with Crippen molar-refractivity contribution in [3.63, 3.8) is 0 Å². The Hall–Kier alpha value is 0.890. The van der Waals surface area contributed by atoms with Crippen molar-refractivity contribution in [2.45, 2.75) is 0 Å². The molecule has 0 atom stereocenters. The van der Waals surface area contributed by atoms with Crippen LogP contribution in [0.3, 0.4) is 0 Å². The molecule has 0 spiro atoms. The molecule has 0 saturated heterocycles. The summed E-state index contributed by atoms with van der Waals surface area (Å²) in [7, 11) is 1.47. The summed E-state index contributed by atoms with van der Waals surface area (Å²) in [6.45, 7) is 0. The zero-order valence-corrected chi connectivity index (χ0v) is 7.61. The van der Waals surface area contributed by atoms with E-state index in [2.05, 4.69) is 0 Å². The molecular formula is C3H9O2PS2. The van der Waals surface area contributed by atoms with Crippen molar-refractivity contribution in [3.05, 3.63) is 0 Å². The van der Waals surface area contributed by atoms with E-state index in [9.17, 15) is 4.57 Å². The minimum absolute atomic E-state index is 1.27. The SMILES string of the molecule is COP(=O)(SC)SC. The predicted molar refractivity (Wildman–Crippen MR) is 41.6 cm³/mol. The molecule has 0 rings (SSSR count). The highest BCUT2D eigenvalue weighted by molar-refractivity contribution is 8.88. The van der Waals surface area contributed by atoms with Crippen LogP contribution in [0.5, 0.6) is 0 Å². The molecule has 0 aliphatic rings. The Balaban J connectivity index is 3.79. The highest BCUT2D eigenvalue weighted by atomic mass is 33.1. The maximum Gasteiger partial charge on any atom is 0.312 e. The van der Waals surface area contributed by atoms with Gasteiger partial charge in [-0.2, -0.15) is 0 Å². The van der Waals surface area contributed by atoms with Crippen LogP contribution in [-0.4, -0.2) is 19.6 Å². The molecule has 2 nitrogen and oxygen atoms in total. The Morgan fingerprint density at radius 2 is 1.75 bits per heavy atom. The first-order chi connectivity index (χ1) is 3.68. The van der Waals surface area contributed by atoms with Crippen molar-refractivity contribution in [3.8, 4) is 0 Å². The second kappa shape index (κ2) is 3.83. The zero-order chi connectivity index (χ0) is 6.62. The molecule has 0 aliphatic carbocycles. The average Bonchev–Trinajstić information content (AvgIpc) is 1.87. The lowest BCUT2D eigenvalue weighted by atomic mass is 11.8. The van der Waals surface area contributed by atoms with E-state index < -0.39 is 5.77 Å². The van der Waals surface area contributed by atoms with Gasteiger partial charge < -0.3 is 4.52 Å². The van der Waals surface area contributed by atoms with Gasteiger partial charge >= 0.3 is 5.77 Å². The van der Waals surface area contributed by atoms with E-state index in [0.29, 0.717) is 0 Å². The van der Waals surface area contributed by atoms with Gasteiger partial charge in [0, 0.05) is 7.11 Å². The largest absolute Gasteiger partial charge is 0.317 e. The van der Waals surface area contributed by atoms with Crippen LogP contribution in [0, 0.1) is 0 Å². The molecule has 0 aromatic rings. The average molecular weight is 172 g/mol. The molecule has 0 bridgehead atoms. The quantitative estimate of drug-likeness (QED) is 0.611. The summed E-state index contributed by atoms with van der Waals surface area (Å²) in [6.07, 6.45) is 3.56. The van der Waals surface area contributed by atoms with Crippen LogP contribution in [0.4, 0.5) is 0 Å². The fourth-order valence-corrected chi connectivity index (χ4v) is 3.35. The molecule has 0 N–H and O–H groups in total. The summed E-state index contributed by atoms with van der Waals surface area (Å²) >= 11 is 2.54. The lowest BCUT2D eigenvalue weighted by molar-refractivity contribution is 0.424. The standard InChI is InChI=1S/C3H9O2PS2/c1-5-6(4,7-2)8-3/h1-3H3. The summed E-state index contributed by atoms with van der Waals surface area (Å²) < 4.78 is 15.7. The lowest BCUT2D eigenvalue weighted by Crippen LogP contribution is -1.69. The van der Waals surface area contributed by atoms with Crippen LogP contribution < -0.4 is 0 Å². The maximum absolute atomic E-state index is 11.0. The van der Waals surface area contributed by atoms with E-state index in [1.54, 1.807) is 12.5 Å². The van der Waals surface area contributed by atoms with Gasteiger partial charge in [0.2, 0.25) is 0 Å². The number of rotatable bonds is 3. The van der Waals surface area contributed by atoms with Gasteiger partial charge in [-0.3, -0.25) is 4.57 Å². The Bertz CT molecular complexity index is 86.4. The molecule has 50 valence electrons. The molecule has 0 unspecified atom stereocenters. The number of hydrogen-bond donors (Lipinski definition) is 0. The predicted octanol–water partition coefficient (Wildman–Crippen LogP) is 2.47. The van der Waals surface area contributed by atoms with Crippen molar-refractivity contribution in [2.24, 2.45) is 0 Å². The monoisotopic (exact) mass is 172 g/mol. The number of hydrogen-bond acceptors (Lipinski definition) is 4. The molecule has 5 heteroatoms. The van der Waals surface area contributed by atoms with Gasteiger partial charge in [-0.25, -0.2) is 0 Å². The maximum atomic E-state index is 11.0. The van der Waals surface area contributed by atoms with Gasteiger partial charge in [0.1, 0.15) is 0 Å². The van der Waals surface area contributed by atoms with E-state index in [0.717, 1.165) is 0 Å². The molecule has 0 aromatic heterocycles. The third-order valence-electron chi connectivity index (χ3n) is 0.671. The fourth-order valence-electron chi connectivity index (χ4n) is 0.224. The summed E-state index contributed by atoms with van der Waals surface area (Å²) in [6, 6.07) is 0. The first kappa shape index (κ1) is 8.89. The highest BCUT2D eigenvalue weighted by Gasteiger charge is 2.16. The zero-order valence-electron chi connectivity index (χ0n) is 5.08. The Labute approximate surface area is 57.7 Å². The molecular weight excluding hydrogens is 163 g/mol. The van der Waals surface area contributed by atoms with E-state index in [1.807, 2.05) is 0 Å². The van der Waals surface area contributed by atoms with Crippen molar-refractivity contribution in [1.29, 1.82) is 0 Å². The van der Waals surface area contributed by atoms with Crippen molar-refractivity contribution in [1.82, 2.24) is 0 Å². The molecule has 0 radical (unpaired) electrons. The van der Waals surface area contributed by atoms with E-state index in [-0.39, 0.29) is 0 Å². The van der Waals surface area contributed by atoms with E-state index in [1.165, 1.54) is 29.9 Å². The summed E-state index contributed by atoms with van der Waals surface area (Å²) in [4.78, 5) is 0. The van der Waals surface area contributed by atoms with Crippen LogP contribution in [0.25, 0.3) is 0 Å². The van der Waals surface area contributed by atoms with Gasteiger partial charge in [0.15, 0.2) is 0 Å². The first-order valence-electron chi connectivity index (χ1n) is 1.96. The van der Waals surface area contributed by atoms with Crippen LogP contribution in [0.1, 0.15) is 0 Å². The Morgan fingerprint density at radius 1 is 1.38 bits per heavy atom. The van der Waals surface area contributed by atoms with Crippen LogP contribution >= 0.6 is 28.5 Å². The third-order valence-corrected chi connectivity index (χ3v) is 8.27. The molecule has 0 amide bonds.